The minimum absolute atomic E-state index is 0.216. The molecule has 33 heavy (non-hydrogen) atoms. The summed E-state index contributed by atoms with van der Waals surface area (Å²) in [6, 6.07) is 10.9. The molecule has 0 unspecified atom stereocenters. The Morgan fingerprint density at radius 2 is 2.09 bits per heavy atom. The monoisotopic (exact) mass is 513 g/mol. The smallest absolute Gasteiger partial charge is 0.409 e. The van der Waals surface area contributed by atoms with Crippen molar-refractivity contribution in [2.75, 3.05) is 19.7 Å². The maximum absolute atomic E-state index is 13.3. The van der Waals surface area contributed by atoms with Crippen LogP contribution in [0.5, 0.6) is 5.75 Å². The van der Waals surface area contributed by atoms with Gasteiger partial charge in [0.05, 0.1) is 18.2 Å². The molecule has 2 amide bonds. The van der Waals surface area contributed by atoms with Gasteiger partial charge < -0.3 is 19.7 Å². The Balaban J connectivity index is 1.41. The summed E-state index contributed by atoms with van der Waals surface area (Å²) in [5, 5.41) is 14.0. The van der Waals surface area contributed by atoms with Gasteiger partial charge in [0.2, 0.25) is 0 Å². The minimum atomic E-state index is -0.471. The van der Waals surface area contributed by atoms with E-state index >= 15 is 0 Å². The molecule has 1 saturated heterocycles. The molecule has 3 aromatic rings. The number of nitrogens with zero attached hydrogens (tertiary/aromatic N) is 3. The zero-order chi connectivity index (χ0) is 23.0. The van der Waals surface area contributed by atoms with Crippen molar-refractivity contribution in [3.63, 3.8) is 0 Å². The third-order valence-corrected chi connectivity index (χ3v) is 6.84. The van der Waals surface area contributed by atoms with E-state index in [-0.39, 0.29) is 18.0 Å². The van der Waals surface area contributed by atoms with Gasteiger partial charge in [-0.2, -0.15) is 15.4 Å². The average molecular weight is 514 g/mol. The summed E-state index contributed by atoms with van der Waals surface area (Å²) < 4.78 is 12.6. The fraction of sp³-hybridized carbons (Fsp3) is 0.391. The first-order chi connectivity index (χ1) is 16.0. The van der Waals surface area contributed by atoms with E-state index in [1.807, 2.05) is 24.3 Å². The molecule has 9 nitrogen and oxygen atoms in total. The molecule has 2 N–H and O–H groups in total. The Morgan fingerprint density at radius 1 is 1.27 bits per heavy atom. The third kappa shape index (κ3) is 4.15. The van der Waals surface area contributed by atoms with Gasteiger partial charge in [-0.1, -0.05) is 22.0 Å². The summed E-state index contributed by atoms with van der Waals surface area (Å²) in [5.74, 6) is 0.533. The molecule has 2 aliphatic heterocycles. The summed E-state index contributed by atoms with van der Waals surface area (Å²) in [7, 11) is 0. The van der Waals surface area contributed by atoms with Gasteiger partial charge in [-0.05, 0) is 37.3 Å². The number of hydrogen-bond donors (Lipinski definition) is 2. The molecule has 2 aliphatic rings. The number of halogens is 1. The van der Waals surface area contributed by atoms with E-state index in [1.165, 1.54) is 0 Å². The van der Waals surface area contributed by atoms with Crippen LogP contribution < -0.4 is 10.1 Å². The van der Waals surface area contributed by atoms with Gasteiger partial charge in [-0.3, -0.25) is 4.79 Å². The molecule has 0 bridgehead atoms. The van der Waals surface area contributed by atoms with Gasteiger partial charge >= 0.3 is 6.09 Å². The number of carbonyl (C=O) groups excluding carboxylic acids is 2. The lowest BCUT2D eigenvalue weighted by atomic mass is 9.80. The van der Waals surface area contributed by atoms with Crippen LogP contribution in [-0.2, 0) is 4.74 Å². The van der Waals surface area contributed by atoms with Crippen molar-refractivity contribution >= 4 is 39.0 Å². The predicted octanol–water partition coefficient (Wildman–Crippen LogP) is 3.97. The number of hydrogen-bond acceptors (Lipinski definition) is 6. The number of fused-ring (bicyclic) bond motifs is 2. The highest BCUT2D eigenvalue weighted by Gasteiger charge is 2.44. The molecule has 0 saturated carbocycles. The number of piperidine rings is 1. The second-order valence-corrected chi connectivity index (χ2v) is 9.30. The van der Waals surface area contributed by atoms with Crippen LogP contribution in [0.3, 0.4) is 0 Å². The molecular formula is C23H24BrN5O4. The van der Waals surface area contributed by atoms with Gasteiger partial charge in [0.1, 0.15) is 22.4 Å². The van der Waals surface area contributed by atoms with Crippen LogP contribution in [0.15, 0.2) is 40.9 Å². The maximum atomic E-state index is 13.3. The van der Waals surface area contributed by atoms with Crippen molar-refractivity contribution in [2.45, 2.75) is 37.8 Å². The van der Waals surface area contributed by atoms with E-state index in [0.29, 0.717) is 55.6 Å². The van der Waals surface area contributed by atoms with Crippen molar-refractivity contribution in [1.82, 2.24) is 25.6 Å². The number of amides is 2. The summed E-state index contributed by atoms with van der Waals surface area (Å²) in [6.45, 7) is 3.24. The Kier molecular flexibility index (Phi) is 5.69. The number of carbonyl (C=O) groups is 2. The lowest BCUT2D eigenvalue weighted by Gasteiger charge is -2.46. The molecule has 1 spiro atoms. The normalized spacial score (nSPS) is 19.1. The first-order valence-electron chi connectivity index (χ1n) is 11.0. The Bertz CT molecular complexity index is 1200. The van der Waals surface area contributed by atoms with E-state index in [1.54, 1.807) is 24.0 Å². The Morgan fingerprint density at radius 3 is 2.88 bits per heavy atom. The summed E-state index contributed by atoms with van der Waals surface area (Å²) in [6.07, 6.45) is 1.63. The van der Waals surface area contributed by atoms with E-state index in [2.05, 4.69) is 36.7 Å². The van der Waals surface area contributed by atoms with Crippen molar-refractivity contribution in [3.05, 3.63) is 52.0 Å². The van der Waals surface area contributed by atoms with Crippen LogP contribution in [0.1, 0.15) is 48.1 Å². The highest BCUT2D eigenvalue weighted by Crippen LogP contribution is 2.45. The van der Waals surface area contributed by atoms with E-state index in [4.69, 9.17) is 9.47 Å². The van der Waals surface area contributed by atoms with Crippen LogP contribution in [0.25, 0.3) is 11.0 Å². The number of aromatic amines is 1. The van der Waals surface area contributed by atoms with E-state index in [9.17, 15) is 9.59 Å². The molecule has 5 rings (SSSR count). The van der Waals surface area contributed by atoms with Gasteiger partial charge in [0.15, 0.2) is 0 Å². The van der Waals surface area contributed by atoms with Crippen LogP contribution in [0.4, 0.5) is 4.79 Å². The average Bonchev–Trinajstić information content (AvgIpc) is 3.29. The molecule has 3 heterocycles. The summed E-state index contributed by atoms with van der Waals surface area (Å²) in [4.78, 5) is 27.1. The quantitative estimate of drug-likeness (QED) is 0.548. The number of benzene rings is 2. The number of likely N-dealkylation sites (tertiary alicyclic amines) is 1. The molecule has 2 aromatic carbocycles. The summed E-state index contributed by atoms with van der Waals surface area (Å²) in [5.41, 5.74) is 2.09. The van der Waals surface area contributed by atoms with Gasteiger partial charge in [-0.25, -0.2) is 4.79 Å². The zero-order valence-electron chi connectivity index (χ0n) is 18.1. The first-order valence-corrected chi connectivity index (χ1v) is 11.8. The highest BCUT2D eigenvalue weighted by atomic mass is 79.9. The van der Waals surface area contributed by atoms with E-state index in [0.717, 1.165) is 15.8 Å². The second-order valence-electron chi connectivity index (χ2n) is 8.38. The van der Waals surface area contributed by atoms with Gasteiger partial charge in [0, 0.05) is 42.4 Å². The highest BCUT2D eigenvalue weighted by molar-refractivity contribution is 9.10. The molecule has 1 atom stereocenters. The molecular weight excluding hydrogens is 490 g/mol. The molecule has 10 heteroatoms. The maximum Gasteiger partial charge on any atom is 0.409 e. The first kappa shape index (κ1) is 21.7. The van der Waals surface area contributed by atoms with Crippen LogP contribution in [0.2, 0.25) is 0 Å². The van der Waals surface area contributed by atoms with Crippen molar-refractivity contribution in [1.29, 1.82) is 0 Å². The van der Waals surface area contributed by atoms with Crippen molar-refractivity contribution in [3.8, 4) is 5.75 Å². The molecule has 172 valence electrons. The fourth-order valence-electron chi connectivity index (χ4n) is 4.68. The fourth-order valence-corrected chi connectivity index (χ4v) is 5.05. The largest absolute Gasteiger partial charge is 0.487 e. The lowest BCUT2D eigenvalue weighted by molar-refractivity contribution is -0.0233. The van der Waals surface area contributed by atoms with E-state index < -0.39 is 5.60 Å². The van der Waals surface area contributed by atoms with Gasteiger partial charge in [-0.15, -0.1) is 0 Å². The molecule has 0 aliphatic carbocycles. The van der Waals surface area contributed by atoms with Crippen LogP contribution >= 0.6 is 15.9 Å². The number of para-hydroxylation sites is 1. The molecule has 1 aromatic heterocycles. The number of aromatic nitrogens is 3. The second kappa shape index (κ2) is 8.66. The summed E-state index contributed by atoms with van der Waals surface area (Å²) >= 11 is 3.53. The number of rotatable bonds is 3. The minimum Gasteiger partial charge on any atom is -0.487 e. The van der Waals surface area contributed by atoms with Crippen molar-refractivity contribution in [2.24, 2.45) is 0 Å². The van der Waals surface area contributed by atoms with Crippen LogP contribution in [-0.4, -0.2) is 57.6 Å². The Hall–Kier alpha value is -3.14. The topological polar surface area (TPSA) is 109 Å². The predicted molar refractivity (Wildman–Crippen MR) is 124 cm³/mol. The zero-order valence-corrected chi connectivity index (χ0v) is 19.7. The van der Waals surface area contributed by atoms with Gasteiger partial charge in [0.25, 0.3) is 5.91 Å². The Labute approximate surface area is 198 Å². The standard InChI is InChI=1S/C23H24BrN5O4/c1-2-32-22(31)29-10-8-23(9-11-29)13-18(16-12-14(24)6-7-19(16)33-23)25-21(30)15-4-3-5-17-20(15)27-28-26-17/h3-7,12,18H,2,8-11,13H2,1H3,(H,25,30)(H,26,27,28)/t18-/m0/s1. The number of ether oxygens (including phenoxy) is 2. The molecule has 1 fully saturated rings. The number of nitrogens with one attached hydrogen (secondary N) is 2. The molecule has 0 radical (unpaired) electrons. The van der Waals surface area contributed by atoms with Crippen LogP contribution in [0, 0.1) is 0 Å². The SMILES string of the molecule is CCOC(=O)N1CCC2(CC1)C[C@H](NC(=O)c1cccc3n[nH]nc13)c1cc(Br)ccc1O2. The number of H-pyrrole nitrogens is 1. The van der Waals surface area contributed by atoms with Crippen molar-refractivity contribution < 1.29 is 19.1 Å². The lowest BCUT2D eigenvalue weighted by Crippen LogP contribution is -2.53. The third-order valence-electron chi connectivity index (χ3n) is 6.35.